The Bertz CT molecular complexity index is 802. The van der Waals surface area contributed by atoms with Gasteiger partial charge < -0.3 is 19.0 Å². The Morgan fingerprint density at radius 1 is 1.04 bits per heavy atom. The van der Waals surface area contributed by atoms with Crippen LogP contribution in [0.1, 0.15) is 52.8 Å². The zero-order valence-electron chi connectivity index (χ0n) is 16.6. The third kappa shape index (κ3) is 5.96. The Kier molecular flexibility index (Phi) is 5.79. The highest BCUT2D eigenvalue weighted by atomic mass is 16.6. The van der Waals surface area contributed by atoms with Crippen molar-refractivity contribution in [3.63, 3.8) is 0 Å². The molecule has 8 heteroatoms. The summed E-state index contributed by atoms with van der Waals surface area (Å²) >= 11 is 0. The summed E-state index contributed by atoms with van der Waals surface area (Å²) in [4.78, 5) is 30.4. The second-order valence-corrected chi connectivity index (χ2v) is 8.24. The van der Waals surface area contributed by atoms with Crippen molar-refractivity contribution in [3.05, 3.63) is 35.8 Å². The van der Waals surface area contributed by atoms with E-state index in [1.807, 2.05) is 0 Å². The molecular weight excluding hydrogens is 350 g/mol. The fourth-order valence-corrected chi connectivity index (χ4v) is 2.26. The lowest BCUT2D eigenvalue weighted by Gasteiger charge is -2.28. The second kappa shape index (κ2) is 7.56. The minimum absolute atomic E-state index is 0.0919. The van der Waals surface area contributed by atoms with Crippen LogP contribution in [0.3, 0.4) is 0 Å². The molecule has 2 aromatic rings. The number of hydrogen-bond acceptors (Lipinski definition) is 6. The van der Waals surface area contributed by atoms with Gasteiger partial charge in [-0.3, -0.25) is 0 Å². The molecule has 0 fully saturated rings. The molecule has 0 saturated carbocycles. The Balaban J connectivity index is 2.30. The van der Waals surface area contributed by atoms with E-state index in [4.69, 9.17) is 9.47 Å². The predicted octanol–water partition coefficient (Wildman–Crippen LogP) is 3.50. The minimum atomic E-state index is -0.801. The average Bonchev–Trinajstić information content (AvgIpc) is 2.90. The van der Waals surface area contributed by atoms with Gasteiger partial charge in [-0.05, 0) is 53.2 Å². The maximum atomic E-state index is 12.5. The number of ether oxygens (including phenoxy) is 2. The van der Waals surface area contributed by atoms with Gasteiger partial charge in [-0.1, -0.05) is 6.07 Å². The third-order valence-corrected chi connectivity index (χ3v) is 3.29. The van der Waals surface area contributed by atoms with E-state index in [-0.39, 0.29) is 13.2 Å². The number of carbonyl (C=O) groups excluding carboxylic acids is 2. The summed E-state index contributed by atoms with van der Waals surface area (Å²) < 4.78 is 12.4. The number of carbonyl (C=O) groups is 2. The molecule has 0 aliphatic rings. The lowest BCUT2D eigenvalue weighted by atomic mass is 10.2. The molecule has 0 saturated heterocycles. The van der Waals surface area contributed by atoms with Gasteiger partial charge in [0.2, 0.25) is 0 Å². The van der Waals surface area contributed by atoms with Crippen LogP contribution in [0.15, 0.2) is 24.5 Å². The molecule has 27 heavy (non-hydrogen) atoms. The highest BCUT2D eigenvalue weighted by Gasteiger charge is 2.31. The second-order valence-electron chi connectivity index (χ2n) is 8.24. The molecule has 2 amide bonds. The number of aliphatic hydroxyl groups excluding tert-OH is 1. The van der Waals surface area contributed by atoms with E-state index in [9.17, 15) is 14.7 Å². The first kappa shape index (κ1) is 20.7. The molecule has 0 atom stereocenters. The molecule has 1 N–H and O–H groups in total. The van der Waals surface area contributed by atoms with Crippen molar-refractivity contribution >= 4 is 17.8 Å². The van der Waals surface area contributed by atoms with Crippen LogP contribution in [0.2, 0.25) is 0 Å². The summed E-state index contributed by atoms with van der Waals surface area (Å²) in [6.07, 6.45) is 1.82. The number of pyridine rings is 1. The first-order valence-electron chi connectivity index (χ1n) is 8.69. The fraction of sp³-hybridized carbons (Fsp3) is 0.526. The van der Waals surface area contributed by atoms with E-state index in [2.05, 4.69) is 4.98 Å². The summed E-state index contributed by atoms with van der Waals surface area (Å²) in [5.41, 5.74) is 0.332. The Hall–Kier alpha value is -2.61. The van der Waals surface area contributed by atoms with Crippen LogP contribution in [0.4, 0.5) is 9.59 Å². The van der Waals surface area contributed by atoms with E-state index in [0.717, 1.165) is 10.5 Å². The van der Waals surface area contributed by atoms with Gasteiger partial charge in [0.25, 0.3) is 0 Å². The van der Waals surface area contributed by atoms with Gasteiger partial charge in [-0.2, -0.15) is 0 Å². The highest BCUT2D eigenvalue weighted by Crippen LogP contribution is 2.17. The maximum absolute atomic E-state index is 12.5. The molecule has 0 unspecified atom stereocenters. The number of aliphatic hydroxyl groups is 1. The molecule has 2 rings (SSSR count). The highest BCUT2D eigenvalue weighted by molar-refractivity contribution is 5.88. The lowest BCUT2D eigenvalue weighted by Crippen LogP contribution is -2.43. The molecule has 2 aromatic heterocycles. The van der Waals surface area contributed by atoms with Crippen molar-refractivity contribution in [2.24, 2.45) is 0 Å². The molecule has 0 spiro atoms. The van der Waals surface area contributed by atoms with E-state index in [1.165, 1.54) is 0 Å². The number of rotatable bonds is 3. The summed E-state index contributed by atoms with van der Waals surface area (Å²) in [5.74, 6) is 0. The number of fused-ring (bicyclic) bond motifs is 1. The van der Waals surface area contributed by atoms with Gasteiger partial charge in [0.1, 0.15) is 16.8 Å². The molecule has 0 aromatic carbocycles. The molecule has 0 radical (unpaired) electrons. The Morgan fingerprint density at radius 3 is 2.07 bits per heavy atom. The third-order valence-electron chi connectivity index (χ3n) is 3.29. The summed E-state index contributed by atoms with van der Waals surface area (Å²) in [5, 5.41) is 9.25. The Labute approximate surface area is 158 Å². The van der Waals surface area contributed by atoms with E-state index < -0.39 is 23.4 Å². The Morgan fingerprint density at radius 2 is 1.59 bits per heavy atom. The van der Waals surface area contributed by atoms with Crippen LogP contribution < -0.4 is 0 Å². The molecule has 0 aliphatic heterocycles. The summed E-state index contributed by atoms with van der Waals surface area (Å²) in [6, 6.07) is 3.51. The predicted molar refractivity (Wildman–Crippen MR) is 99.1 cm³/mol. The first-order chi connectivity index (χ1) is 12.4. The maximum Gasteiger partial charge on any atom is 0.420 e. The molecule has 2 heterocycles. The average molecular weight is 377 g/mol. The topological polar surface area (TPSA) is 93.4 Å². The SMILES string of the molecule is CC(C)(C)OC(=O)N(Cc1cn2cc(CO)ccc2n1)C(=O)OC(C)(C)C. The zero-order chi connectivity index (χ0) is 20.4. The van der Waals surface area contributed by atoms with Gasteiger partial charge in [0.15, 0.2) is 0 Å². The van der Waals surface area contributed by atoms with Crippen molar-refractivity contribution in [3.8, 4) is 0 Å². The normalized spacial score (nSPS) is 12.1. The van der Waals surface area contributed by atoms with Crippen LogP contribution in [0.5, 0.6) is 0 Å². The van der Waals surface area contributed by atoms with Crippen molar-refractivity contribution in [2.45, 2.75) is 65.9 Å². The number of imidazole rings is 1. The number of amides is 2. The molecule has 148 valence electrons. The quantitative estimate of drug-likeness (QED) is 0.880. The minimum Gasteiger partial charge on any atom is -0.443 e. The van der Waals surface area contributed by atoms with Crippen LogP contribution in [-0.2, 0) is 22.6 Å². The zero-order valence-corrected chi connectivity index (χ0v) is 16.6. The first-order valence-corrected chi connectivity index (χ1v) is 8.69. The number of hydrogen-bond donors (Lipinski definition) is 1. The van der Waals surface area contributed by atoms with Crippen LogP contribution in [0.25, 0.3) is 5.65 Å². The van der Waals surface area contributed by atoms with Crippen LogP contribution in [0, 0.1) is 0 Å². The van der Waals surface area contributed by atoms with E-state index in [1.54, 1.807) is 70.5 Å². The van der Waals surface area contributed by atoms with Crippen molar-refractivity contribution < 1.29 is 24.2 Å². The lowest BCUT2D eigenvalue weighted by molar-refractivity contribution is -0.000454. The molecule has 0 aliphatic carbocycles. The van der Waals surface area contributed by atoms with Gasteiger partial charge in [0, 0.05) is 12.4 Å². The summed E-state index contributed by atoms with van der Waals surface area (Å²) in [6.45, 7) is 10.1. The molecule has 8 nitrogen and oxygen atoms in total. The largest absolute Gasteiger partial charge is 0.443 e. The van der Waals surface area contributed by atoms with Gasteiger partial charge in [0.05, 0.1) is 18.8 Å². The van der Waals surface area contributed by atoms with Crippen molar-refractivity contribution in [1.82, 2.24) is 14.3 Å². The smallest absolute Gasteiger partial charge is 0.420 e. The molecular formula is C19H27N3O5. The van der Waals surface area contributed by atoms with Gasteiger partial charge in [-0.15, -0.1) is 0 Å². The van der Waals surface area contributed by atoms with E-state index >= 15 is 0 Å². The van der Waals surface area contributed by atoms with Crippen LogP contribution in [-0.4, -0.2) is 42.8 Å². The van der Waals surface area contributed by atoms with Crippen LogP contribution >= 0.6 is 0 Å². The fourth-order valence-electron chi connectivity index (χ4n) is 2.26. The summed E-state index contributed by atoms with van der Waals surface area (Å²) in [7, 11) is 0. The number of nitrogens with zero attached hydrogens (tertiary/aromatic N) is 3. The van der Waals surface area contributed by atoms with E-state index in [0.29, 0.717) is 11.3 Å². The molecule has 0 bridgehead atoms. The number of aromatic nitrogens is 2. The monoisotopic (exact) mass is 377 g/mol. The van der Waals surface area contributed by atoms with Crippen molar-refractivity contribution in [2.75, 3.05) is 0 Å². The van der Waals surface area contributed by atoms with Gasteiger partial charge in [-0.25, -0.2) is 19.5 Å². The standard InChI is InChI=1S/C19H27N3O5/c1-18(2,3)26-16(24)22(17(25)27-19(4,5)6)11-14-10-21-9-13(12-23)7-8-15(21)20-14/h7-10,23H,11-12H2,1-6H3. The van der Waals surface area contributed by atoms with Crippen molar-refractivity contribution in [1.29, 1.82) is 0 Å². The number of imide groups is 1. The van der Waals surface area contributed by atoms with Gasteiger partial charge >= 0.3 is 12.2 Å².